The van der Waals surface area contributed by atoms with Gasteiger partial charge in [0.2, 0.25) is 0 Å². The Bertz CT molecular complexity index is 1340. The second-order valence-electron chi connectivity index (χ2n) is 8.23. The summed E-state index contributed by atoms with van der Waals surface area (Å²) >= 11 is 6.11. The van der Waals surface area contributed by atoms with Gasteiger partial charge >= 0.3 is 6.09 Å². The van der Waals surface area contributed by atoms with Gasteiger partial charge in [-0.25, -0.2) is 4.79 Å². The van der Waals surface area contributed by atoms with E-state index < -0.39 is 6.09 Å². The van der Waals surface area contributed by atoms with Crippen LogP contribution in [-0.4, -0.2) is 17.7 Å². The number of fused-ring (bicyclic) bond motifs is 4. The highest BCUT2D eigenvalue weighted by Crippen LogP contribution is 2.44. The van der Waals surface area contributed by atoms with Gasteiger partial charge in [0.1, 0.15) is 6.61 Å². The van der Waals surface area contributed by atoms with Gasteiger partial charge in [-0.05, 0) is 40.6 Å². The third kappa shape index (κ3) is 3.98. The average molecular weight is 455 g/mol. The molecule has 33 heavy (non-hydrogen) atoms. The highest BCUT2D eigenvalue weighted by molar-refractivity contribution is 6.49. The van der Waals surface area contributed by atoms with E-state index in [0.717, 1.165) is 22.0 Å². The van der Waals surface area contributed by atoms with Gasteiger partial charge in [0.05, 0.1) is 11.7 Å². The number of hydrogen-bond donors (Lipinski definition) is 1. The molecule has 5 rings (SSSR count). The molecule has 1 amide bonds. The molecule has 0 saturated carbocycles. The maximum absolute atomic E-state index is 12.6. The molecule has 4 nitrogen and oxygen atoms in total. The molecule has 1 aliphatic carbocycles. The van der Waals surface area contributed by atoms with Gasteiger partial charge < -0.3 is 10.1 Å². The Morgan fingerprint density at radius 3 is 2.39 bits per heavy atom. The van der Waals surface area contributed by atoms with E-state index in [4.69, 9.17) is 16.3 Å². The Balaban J connectivity index is 1.29. The molecule has 1 atom stereocenters. The summed E-state index contributed by atoms with van der Waals surface area (Å²) in [5, 5.41) is 5.29. The van der Waals surface area contributed by atoms with Gasteiger partial charge in [-0.2, -0.15) is 0 Å². The number of rotatable bonds is 5. The zero-order valence-electron chi connectivity index (χ0n) is 18.2. The molecule has 164 valence electrons. The summed E-state index contributed by atoms with van der Waals surface area (Å²) < 4.78 is 5.66. The SMILES string of the molecule is C=C(Cl)c1cccc2cc(C(C)NC(=O)OCC3c4ccccc4-c4ccccc43)ncc12. The van der Waals surface area contributed by atoms with Crippen molar-refractivity contribution >= 4 is 33.5 Å². The van der Waals surface area contributed by atoms with Crippen LogP contribution in [0.2, 0.25) is 0 Å². The lowest BCUT2D eigenvalue weighted by Gasteiger charge is -2.17. The van der Waals surface area contributed by atoms with Gasteiger partial charge in [0.25, 0.3) is 0 Å². The number of nitrogens with zero attached hydrogens (tertiary/aromatic N) is 1. The standard InChI is InChI=1S/C28H23ClN2O2/c1-17(29)20-13-7-8-19-14-27(30-15-25(19)20)18(2)31-28(32)33-16-26-23-11-5-3-9-21(23)22-10-4-6-12-24(22)26/h3-15,18,26H,1,16H2,2H3,(H,31,32). The number of amides is 1. The summed E-state index contributed by atoms with van der Waals surface area (Å²) in [6.07, 6.45) is 1.30. The van der Waals surface area contributed by atoms with Crippen molar-refractivity contribution in [2.75, 3.05) is 6.61 Å². The van der Waals surface area contributed by atoms with Crippen LogP contribution in [0.1, 0.15) is 41.3 Å². The summed E-state index contributed by atoms with van der Waals surface area (Å²) in [5.41, 5.74) is 6.38. The molecule has 5 heteroatoms. The van der Waals surface area contributed by atoms with E-state index in [9.17, 15) is 4.79 Å². The first-order valence-electron chi connectivity index (χ1n) is 10.9. The number of nitrogens with one attached hydrogen (secondary N) is 1. The van der Waals surface area contributed by atoms with E-state index in [1.807, 2.05) is 55.5 Å². The molecule has 4 aromatic rings. The highest BCUT2D eigenvalue weighted by Gasteiger charge is 2.29. The van der Waals surface area contributed by atoms with Crippen LogP contribution >= 0.6 is 11.6 Å². The lowest BCUT2D eigenvalue weighted by atomic mass is 9.98. The maximum atomic E-state index is 12.6. The third-order valence-corrected chi connectivity index (χ3v) is 6.40. The van der Waals surface area contributed by atoms with Crippen LogP contribution in [0.25, 0.3) is 26.9 Å². The van der Waals surface area contributed by atoms with Crippen molar-refractivity contribution in [3.8, 4) is 11.1 Å². The lowest BCUT2D eigenvalue weighted by molar-refractivity contribution is 0.139. The van der Waals surface area contributed by atoms with Crippen LogP contribution in [0.4, 0.5) is 4.79 Å². The monoisotopic (exact) mass is 454 g/mol. The number of alkyl carbamates (subject to hydrolysis) is 1. The maximum Gasteiger partial charge on any atom is 0.407 e. The molecule has 0 saturated heterocycles. The van der Waals surface area contributed by atoms with Crippen LogP contribution < -0.4 is 5.32 Å². The number of ether oxygens (including phenoxy) is 1. The first-order chi connectivity index (χ1) is 16.0. The zero-order valence-corrected chi connectivity index (χ0v) is 19.0. The second-order valence-corrected chi connectivity index (χ2v) is 8.69. The summed E-state index contributed by atoms with van der Waals surface area (Å²) in [6.45, 7) is 5.98. The van der Waals surface area contributed by atoms with Crippen LogP contribution in [0, 0.1) is 0 Å². The first-order valence-corrected chi connectivity index (χ1v) is 11.3. The number of benzene rings is 3. The van der Waals surface area contributed by atoms with Crippen molar-refractivity contribution in [1.82, 2.24) is 10.3 Å². The second kappa shape index (κ2) is 8.72. The van der Waals surface area contributed by atoms with E-state index in [1.165, 1.54) is 22.3 Å². The molecule has 0 fully saturated rings. The number of pyridine rings is 1. The number of carbonyl (C=O) groups excluding carboxylic acids is 1. The molecule has 1 heterocycles. The number of hydrogen-bond acceptors (Lipinski definition) is 3. The Hall–Kier alpha value is -3.63. The van der Waals surface area contributed by atoms with Gasteiger partial charge in [-0.15, -0.1) is 0 Å². The fourth-order valence-electron chi connectivity index (χ4n) is 4.55. The molecule has 1 aliphatic rings. The zero-order chi connectivity index (χ0) is 22.9. The van der Waals surface area contributed by atoms with E-state index in [-0.39, 0.29) is 18.6 Å². The van der Waals surface area contributed by atoms with E-state index in [2.05, 4.69) is 41.1 Å². The minimum atomic E-state index is -0.464. The predicted octanol–water partition coefficient (Wildman–Crippen LogP) is 7.04. The van der Waals surface area contributed by atoms with Crippen molar-refractivity contribution in [2.45, 2.75) is 18.9 Å². The molecule has 1 aromatic heterocycles. The molecule has 0 bridgehead atoms. The average Bonchev–Trinajstić information content (AvgIpc) is 3.15. The summed E-state index contributed by atoms with van der Waals surface area (Å²) in [7, 11) is 0. The number of carbonyl (C=O) groups is 1. The quantitative estimate of drug-likeness (QED) is 0.351. The largest absolute Gasteiger partial charge is 0.449 e. The van der Waals surface area contributed by atoms with Crippen LogP contribution in [0.5, 0.6) is 0 Å². The van der Waals surface area contributed by atoms with Crippen molar-refractivity contribution < 1.29 is 9.53 Å². The van der Waals surface area contributed by atoms with Crippen molar-refractivity contribution in [1.29, 1.82) is 0 Å². The topological polar surface area (TPSA) is 51.2 Å². The molecule has 1 N–H and O–H groups in total. The van der Waals surface area contributed by atoms with Gasteiger partial charge in [-0.1, -0.05) is 84.9 Å². The fourth-order valence-corrected chi connectivity index (χ4v) is 4.72. The molecular weight excluding hydrogens is 432 g/mol. The van der Waals surface area contributed by atoms with Crippen molar-refractivity contribution in [3.05, 3.63) is 108 Å². The Morgan fingerprint density at radius 2 is 1.73 bits per heavy atom. The lowest BCUT2D eigenvalue weighted by Crippen LogP contribution is -2.29. The van der Waals surface area contributed by atoms with E-state index in [0.29, 0.717) is 5.03 Å². The Labute approximate surface area is 197 Å². The van der Waals surface area contributed by atoms with E-state index >= 15 is 0 Å². The summed E-state index contributed by atoms with van der Waals surface area (Å²) in [5.74, 6) is 0.0272. The van der Waals surface area contributed by atoms with Crippen molar-refractivity contribution in [3.63, 3.8) is 0 Å². The van der Waals surface area contributed by atoms with Crippen LogP contribution in [0.3, 0.4) is 0 Å². The smallest absolute Gasteiger partial charge is 0.407 e. The fraction of sp³-hybridized carbons (Fsp3) is 0.143. The normalized spacial score (nSPS) is 13.3. The minimum Gasteiger partial charge on any atom is -0.449 e. The van der Waals surface area contributed by atoms with Crippen molar-refractivity contribution in [2.24, 2.45) is 0 Å². The number of aromatic nitrogens is 1. The summed E-state index contributed by atoms with van der Waals surface area (Å²) in [4.78, 5) is 17.2. The molecule has 1 unspecified atom stereocenters. The van der Waals surface area contributed by atoms with Crippen LogP contribution in [-0.2, 0) is 4.74 Å². The van der Waals surface area contributed by atoms with Crippen LogP contribution in [0.15, 0.2) is 85.6 Å². The van der Waals surface area contributed by atoms with E-state index in [1.54, 1.807) is 6.20 Å². The first kappa shape index (κ1) is 21.2. The molecule has 3 aromatic carbocycles. The molecule has 0 aliphatic heterocycles. The van der Waals surface area contributed by atoms with Gasteiger partial charge in [-0.3, -0.25) is 4.98 Å². The van der Waals surface area contributed by atoms with Gasteiger partial charge in [0, 0.05) is 28.1 Å². The third-order valence-electron chi connectivity index (χ3n) is 6.20. The molecular formula is C28H23ClN2O2. The molecule has 0 radical (unpaired) electrons. The predicted molar refractivity (Wildman–Crippen MR) is 133 cm³/mol. The highest BCUT2D eigenvalue weighted by atomic mass is 35.5. The minimum absolute atomic E-state index is 0.0272. The van der Waals surface area contributed by atoms with Gasteiger partial charge in [0.15, 0.2) is 0 Å². The Kier molecular flexibility index (Phi) is 5.61. The number of halogens is 1. The molecule has 0 spiro atoms. The Morgan fingerprint density at radius 1 is 1.06 bits per heavy atom. The summed E-state index contributed by atoms with van der Waals surface area (Å²) in [6, 6.07) is 24.0.